The summed E-state index contributed by atoms with van der Waals surface area (Å²) >= 11 is 1.41. The van der Waals surface area contributed by atoms with Crippen molar-refractivity contribution in [1.82, 2.24) is 10.2 Å². The third-order valence-corrected chi connectivity index (χ3v) is 3.90. The number of aromatic nitrogens is 2. The Balaban J connectivity index is 1.88. The number of amides is 1. The van der Waals surface area contributed by atoms with Crippen LogP contribution >= 0.6 is 11.3 Å². The van der Waals surface area contributed by atoms with Crippen molar-refractivity contribution in [3.63, 3.8) is 0 Å². The van der Waals surface area contributed by atoms with Crippen LogP contribution in [0.5, 0.6) is 0 Å². The standard InChI is InChI=1S/C14H18N4OS/c1-9(2)13-17-18-14(20-13)16-12(19)8-15-11-7-5-4-6-10(11)3/h4-7,9,15H,8H2,1-3H3,(H,16,18,19). The van der Waals surface area contributed by atoms with E-state index in [0.29, 0.717) is 11.0 Å². The van der Waals surface area contributed by atoms with Crippen molar-refractivity contribution in [2.24, 2.45) is 0 Å². The number of hydrogen-bond acceptors (Lipinski definition) is 5. The SMILES string of the molecule is Cc1ccccc1NCC(=O)Nc1nnc(C(C)C)s1. The first kappa shape index (κ1) is 14.5. The second-order valence-electron chi connectivity index (χ2n) is 4.82. The summed E-state index contributed by atoms with van der Waals surface area (Å²) in [5, 5.41) is 15.3. The molecule has 1 aromatic carbocycles. The summed E-state index contributed by atoms with van der Waals surface area (Å²) in [6.07, 6.45) is 0. The molecule has 0 aliphatic carbocycles. The predicted molar refractivity (Wildman–Crippen MR) is 82.3 cm³/mol. The molecule has 1 aromatic heterocycles. The molecule has 5 nitrogen and oxygen atoms in total. The maximum atomic E-state index is 11.8. The Morgan fingerprint density at radius 2 is 2.05 bits per heavy atom. The molecule has 2 N–H and O–H groups in total. The first-order chi connectivity index (χ1) is 9.56. The summed E-state index contributed by atoms with van der Waals surface area (Å²) in [7, 11) is 0. The molecule has 106 valence electrons. The van der Waals surface area contributed by atoms with E-state index in [1.54, 1.807) is 0 Å². The van der Waals surface area contributed by atoms with Crippen LogP contribution in [0.3, 0.4) is 0 Å². The van der Waals surface area contributed by atoms with Crippen molar-refractivity contribution in [3.8, 4) is 0 Å². The zero-order valence-electron chi connectivity index (χ0n) is 11.8. The molecule has 0 unspecified atom stereocenters. The zero-order chi connectivity index (χ0) is 14.5. The van der Waals surface area contributed by atoms with E-state index in [0.717, 1.165) is 16.3 Å². The van der Waals surface area contributed by atoms with Crippen molar-refractivity contribution in [2.45, 2.75) is 26.7 Å². The highest BCUT2D eigenvalue weighted by Crippen LogP contribution is 2.22. The quantitative estimate of drug-likeness (QED) is 0.888. The largest absolute Gasteiger partial charge is 0.376 e. The van der Waals surface area contributed by atoms with Gasteiger partial charge in [-0.05, 0) is 18.6 Å². The molecule has 1 amide bonds. The molecule has 0 saturated heterocycles. The van der Waals surface area contributed by atoms with Gasteiger partial charge in [0.05, 0.1) is 6.54 Å². The smallest absolute Gasteiger partial charge is 0.245 e. The van der Waals surface area contributed by atoms with E-state index in [1.165, 1.54) is 11.3 Å². The Bertz CT molecular complexity index is 594. The third kappa shape index (κ3) is 3.77. The van der Waals surface area contributed by atoms with E-state index >= 15 is 0 Å². The highest BCUT2D eigenvalue weighted by Gasteiger charge is 2.10. The average molecular weight is 290 g/mol. The molecule has 2 aromatic rings. The summed E-state index contributed by atoms with van der Waals surface area (Å²) in [5.74, 6) is 0.197. The van der Waals surface area contributed by atoms with Crippen LogP contribution in [0.1, 0.15) is 30.3 Å². The van der Waals surface area contributed by atoms with E-state index in [2.05, 4.69) is 20.8 Å². The second kappa shape index (κ2) is 6.47. The van der Waals surface area contributed by atoms with Crippen LogP contribution < -0.4 is 10.6 Å². The van der Waals surface area contributed by atoms with Gasteiger partial charge in [-0.1, -0.05) is 43.4 Å². The van der Waals surface area contributed by atoms with Crippen molar-refractivity contribution < 1.29 is 4.79 Å². The molecule has 6 heteroatoms. The first-order valence-electron chi connectivity index (χ1n) is 6.49. The number of aryl methyl sites for hydroxylation is 1. The normalized spacial score (nSPS) is 10.6. The summed E-state index contributed by atoms with van der Waals surface area (Å²) in [6, 6.07) is 7.85. The predicted octanol–water partition coefficient (Wildman–Crippen LogP) is 3.02. The lowest BCUT2D eigenvalue weighted by molar-refractivity contribution is -0.114. The maximum Gasteiger partial charge on any atom is 0.245 e. The molecule has 0 bridgehead atoms. The second-order valence-corrected chi connectivity index (χ2v) is 5.83. The van der Waals surface area contributed by atoms with Gasteiger partial charge in [-0.3, -0.25) is 10.1 Å². The molecular formula is C14H18N4OS. The molecule has 0 fully saturated rings. The Labute approximate surface area is 122 Å². The van der Waals surface area contributed by atoms with Crippen LogP contribution in [0.4, 0.5) is 10.8 Å². The van der Waals surface area contributed by atoms with Crippen molar-refractivity contribution in [3.05, 3.63) is 34.8 Å². The number of carbonyl (C=O) groups is 1. The zero-order valence-corrected chi connectivity index (χ0v) is 12.6. The summed E-state index contributed by atoms with van der Waals surface area (Å²) < 4.78 is 0. The maximum absolute atomic E-state index is 11.8. The van der Waals surface area contributed by atoms with E-state index in [4.69, 9.17) is 0 Å². The lowest BCUT2D eigenvalue weighted by Crippen LogP contribution is -2.21. The fourth-order valence-electron chi connectivity index (χ4n) is 1.63. The lowest BCUT2D eigenvalue weighted by atomic mass is 10.2. The van der Waals surface area contributed by atoms with Gasteiger partial charge in [0, 0.05) is 11.6 Å². The highest BCUT2D eigenvalue weighted by atomic mass is 32.1. The summed E-state index contributed by atoms with van der Waals surface area (Å²) in [6.45, 7) is 6.30. The Hall–Kier alpha value is -1.95. The van der Waals surface area contributed by atoms with E-state index < -0.39 is 0 Å². The molecular weight excluding hydrogens is 272 g/mol. The number of para-hydroxylation sites is 1. The number of nitrogens with one attached hydrogen (secondary N) is 2. The molecule has 0 saturated carbocycles. The Morgan fingerprint density at radius 1 is 1.30 bits per heavy atom. The number of benzene rings is 1. The molecule has 0 spiro atoms. The molecule has 0 radical (unpaired) electrons. The number of carbonyl (C=O) groups excluding carboxylic acids is 1. The number of anilines is 2. The first-order valence-corrected chi connectivity index (χ1v) is 7.30. The highest BCUT2D eigenvalue weighted by molar-refractivity contribution is 7.15. The van der Waals surface area contributed by atoms with Gasteiger partial charge in [0.25, 0.3) is 0 Å². The van der Waals surface area contributed by atoms with Gasteiger partial charge >= 0.3 is 0 Å². The summed E-state index contributed by atoms with van der Waals surface area (Å²) in [4.78, 5) is 11.8. The van der Waals surface area contributed by atoms with Crippen LogP contribution in [0.2, 0.25) is 0 Å². The summed E-state index contributed by atoms with van der Waals surface area (Å²) in [5.41, 5.74) is 2.07. The fraction of sp³-hybridized carbons (Fsp3) is 0.357. The van der Waals surface area contributed by atoms with Gasteiger partial charge in [0.2, 0.25) is 11.0 Å². The number of hydrogen-bond donors (Lipinski definition) is 2. The van der Waals surface area contributed by atoms with Crippen LogP contribution in [-0.4, -0.2) is 22.6 Å². The van der Waals surface area contributed by atoms with Gasteiger partial charge in [0.15, 0.2) is 0 Å². The van der Waals surface area contributed by atoms with Gasteiger partial charge in [-0.2, -0.15) is 0 Å². The van der Waals surface area contributed by atoms with Crippen LogP contribution in [0.15, 0.2) is 24.3 Å². The van der Waals surface area contributed by atoms with E-state index in [9.17, 15) is 4.79 Å². The molecule has 2 rings (SSSR count). The van der Waals surface area contributed by atoms with Crippen LogP contribution in [0, 0.1) is 6.92 Å². The van der Waals surface area contributed by atoms with Crippen LogP contribution in [-0.2, 0) is 4.79 Å². The Kier molecular flexibility index (Phi) is 4.68. The molecule has 0 aliphatic rings. The molecule has 0 atom stereocenters. The minimum atomic E-state index is -0.125. The Morgan fingerprint density at radius 3 is 2.70 bits per heavy atom. The molecule has 20 heavy (non-hydrogen) atoms. The minimum absolute atomic E-state index is 0.125. The fourth-order valence-corrected chi connectivity index (χ4v) is 2.39. The van der Waals surface area contributed by atoms with Crippen LogP contribution in [0.25, 0.3) is 0 Å². The lowest BCUT2D eigenvalue weighted by Gasteiger charge is -2.08. The third-order valence-electron chi connectivity index (χ3n) is 2.77. The molecule has 1 heterocycles. The van der Waals surface area contributed by atoms with Gasteiger partial charge < -0.3 is 5.32 Å². The topological polar surface area (TPSA) is 66.9 Å². The molecule has 0 aliphatic heterocycles. The van der Waals surface area contributed by atoms with E-state index in [1.807, 2.05) is 45.0 Å². The minimum Gasteiger partial charge on any atom is -0.376 e. The monoisotopic (exact) mass is 290 g/mol. The average Bonchev–Trinajstić information content (AvgIpc) is 2.86. The number of nitrogens with zero attached hydrogens (tertiary/aromatic N) is 2. The van der Waals surface area contributed by atoms with Crippen molar-refractivity contribution in [2.75, 3.05) is 17.2 Å². The number of rotatable bonds is 5. The van der Waals surface area contributed by atoms with Gasteiger partial charge in [-0.15, -0.1) is 10.2 Å². The van der Waals surface area contributed by atoms with Gasteiger partial charge in [-0.25, -0.2) is 0 Å². The van der Waals surface area contributed by atoms with Gasteiger partial charge in [0.1, 0.15) is 5.01 Å². The van der Waals surface area contributed by atoms with E-state index in [-0.39, 0.29) is 12.5 Å². The van der Waals surface area contributed by atoms with Crippen molar-refractivity contribution >= 4 is 28.1 Å². The van der Waals surface area contributed by atoms with Crippen molar-refractivity contribution in [1.29, 1.82) is 0 Å².